The van der Waals surface area contributed by atoms with Crippen LogP contribution in [0.3, 0.4) is 0 Å². The molecule has 132 valence electrons. The van der Waals surface area contributed by atoms with Gasteiger partial charge < -0.3 is 8.83 Å². The summed E-state index contributed by atoms with van der Waals surface area (Å²) in [5, 5.41) is 10.2. The number of pyridine rings is 1. The number of hydrogen-bond donors (Lipinski definition) is 0. The molecule has 26 heavy (non-hydrogen) atoms. The van der Waals surface area contributed by atoms with Crippen LogP contribution in [0.2, 0.25) is 5.15 Å². The number of benzene rings is 1. The van der Waals surface area contributed by atoms with Crippen LogP contribution < -0.4 is 0 Å². The second kappa shape index (κ2) is 6.78. The molecule has 5 nitrogen and oxygen atoms in total. The van der Waals surface area contributed by atoms with Crippen molar-refractivity contribution in [3.63, 3.8) is 0 Å². The maximum Gasteiger partial charge on any atom is 0.277 e. The van der Waals surface area contributed by atoms with E-state index in [9.17, 15) is 0 Å². The van der Waals surface area contributed by atoms with Crippen molar-refractivity contribution < 1.29 is 8.83 Å². The van der Waals surface area contributed by atoms with Crippen LogP contribution in [0.25, 0.3) is 22.4 Å². The van der Waals surface area contributed by atoms with Gasteiger partial charge in [0, 0.05) is 16.7 Å². The Morgan fingerprint density at radius 2 is 1.96 bits per heavy atom. The predicted molar refractivity (Wildman–Crippen MR) is 103 cm³/mol. The lowest BCUT2D eigenvalue weighted by Crippen LogP contribution is -1.92. The molecule has 0 spiro atoms. The minimum absolute atomic E-state index is 0.451. The summed E-state index contributed by atoms with van der Waals surface area (Å²) in [6.45, 7) is 5.99. The molecule has 0 fully saturated rings. The van der Waals surface area contributed by atoms with Crippen LogP contribution >= 0.6 is 23.4 Å². The first-order chi connectivity index (χ1) is 12.5. The first kappa shape index (κ1) is 17.1. The molecule has 3 aromatic heterocycles. The highest BCUT2D eigenvalue weighted by molar-refractivity contribution is 7.98. The summed E-state index contributed by atoms with van der Waals surface area (Å²) in [4.78, 5) is 4.58. The van der Waals surface area contributed by atoms with Crippen LogP contribution in [0.4, 0.5) is 0 Å². The van der Waals surface area contributed by atoms with Crippen LogP contribution in [0.15, 0.2) is 44.6 Å². The summed E-state index contributed by atoms with van der Waals surface area (Å²) in [5.74, 6) is 1.80. The minimum Gasteiger partial charge on any atom is -0.469 e. The van der Waals surface area contributed by atoms with E-state index in [1.807, 2.05) is 13.0 Å². The second-order valence-electron chi connectivity index (χ2n) is 6.07. The summed E-state index contributed by atoms with van der Waals surface area (Å²) in [7, 11) is 0. The first-order valence-corrected chi connectivity index (χ1v) is 9.45. The molecule has 4 rings (SSSR count). The number of thioether (sulfide) groups is 1. The fourth-order valence-corrected chi connectivity index (χ4v) is 3.75. The molecule has 0 saturated heterocycles. The molecule has 0 amide bonds. The summed E-state index contributed by atoms with van der Waals surface area (Å²) in [5.41, 5.74) is 5.04. The lowest BCUT2D eigenvalue weighted by atomic mass is 10.0. The molecule has 0 atom stereocenters. The summed E-state index contributed by atoms with van der Waals surface area (Å²) >= 11 is 7.83. The number of fused-ring (bicyclic) bond motifs is 1. The number of rotatable bonds is 4. The molecule has 0 aliphatic heterocycles. The zero-order valence-electron chi connectivity index (χ0n) is 14.5. The zero-order valence-corrected chi connectivity index (χ0v) is 16.1. The van der Waals surface area contributed by atoms with Gasteiger partial charge in [0.1, 0.15) is 10.9 Å². The van der Waals surface area contributed by atoms with Crippen molar-refractivity contribution in [2.45, 2.75) is 31.7 Å². The molecule has 0 saturated carbocycles. The van der Waals surface area contributed by atoms with Gasteiger partial charge in [0.15, 0.2) is 0 Å². The van der Waals surface area contributed by atoms with Gasteiger partial charge in [-0.05, 0) is 44.0 Å². The van der Waals surface area contributed by atoms with Crippen molar-refractivity contribution in [1.82, 2.24) is 15.2 Å². The van der Waals surface area contributed by atoms with Crippen molar-refractivity contribution in [3.05, 3.63) is 58.1 Å². The lowest BCUT2D eigenvalue weighted by molar-refractivity contribution is 0.463. The average molecular weight is 386 g/mol. The van der Waals surface area contributed by atoms with Gasteiger partial charge in [0.05, 0.1) is 17.3 Å². The molecule has 7 heteroatoms. The van der Waals surface area contributed by atoms with Crippen molar-refractivity contribution >= 4 is 34.3 Å². The molecule has 0 aliphatic rings. The number of hydrogen-bond acceptors (Lipinski definition) is 6. The standard InChI is InChI=1S/C19H16ClN3O2S/c1-10-4-5-13-8-14(17(20)21-16(13)11(10)2)9-26-19-23-22-18(25-19)15-6-7-24-12(15)3/h4-8H,9H2,1-3H3. The van der Waals surface area contributed by atoms with E-state index in [0.29, 0.717) is 22.0 Å². The van der Waals surface area contributed by atoms with Crippen molar-refractivity contribution in [3.8, 4) is 11.5 Å². The van der Waals surface area contributed by atoms with Gasteiger partial charge in [-0.2, -0.15) is 0 Å². The van der Waals surface area contributed by atoms with Gasteiger partial charge in [-0.25, -0.2) is 4.98 Å². The molecule has 1 aromatic carbocycles. The number of aromatic nitrogens is 3. The third-order valence-electron chi connectivity index (χ3n) is 4.38. The number of furan rings is 1. The normalized spacial score (nSPS) is 11.4. The fraction of sp³-hybridized carbons (Fsp3) is 0.211. The molecule has 0 radical (unpaired) electrons. The highest BCUT2D eigenvalue weighted by Gasteiger charge is 2.14. The maximum atomic E-state index is 6.40. The third kappa shape index (κ3) is 3.10. The van der Waals surface area contributed by atoms with E-state index < -0.39 is 0 Å². The highest BCUT2D eigenvalue weighted by atomic mass is 35.5. The van der Waals surface area contributed by atoms with Crippen molar-refractivity contribution in [1.29, 1.82) is 0 Å². The average Bonchev–Trinajstić information content (AvgIpc) is 3.25. The summed E-state index contributed by atoms with van der Waals surface area (Å²) in [6.07, 6.45) is 1.60. The Morgan fingerprint density at radius 1 is 1.12 bits per heavy atom. The Bertz CT molecular complexity index is 1100. The Hall–Kier alpha value is -2.31. The molecule has 0 N–H and O–H groups in total. The second-order valence-corrected chi connectivity index (χ2v) is 7.35. The van der Waals surface area contributed by atoms with Crippen LogP contribution in [0.1, 0.15) is 22.5 Å². The van der Waals surface area contributed by atoms with Gasteiger partial charge in [-0.15, -0.1) is 10.2 Å². The number of aryl methyl sites for hydroxylation is 3. The zero-order chi connectivity index (χ0) is 18.3. The van der Waals surface area contributed by atoms with Gasteiger partial charge >= 0.3 is 0 Å². The van der Waals surface area contributed by atoms with E-state index in [-0.39, 0.29) is 0 Å². The highest BCUT2D eigenvalue weighted by Crippen LogP contribution is 2.31. The molecule has 0 bridgehead atoms. The smallest absolute Gasteiger partial charge is 0.277 e. The molecule has 4 aromatic rings. The van der Waals surface area contributed by atoms with E-state index in [2.05, 4.69) is 47.2 Å². The number of nitrogens with zero attached hydrogens (tertiary/aromatic N) is 3. The van der Waals surface area contributed by atoms with Crippen LogP contribution in [0.5, 0.6) is 0 Å². The molecule has 3 heterocycles. The van der Waals surface area contributed by atoms with Gasteiger partial charge in [-0.3, -0.25) is 0 Å². The van der Waals surface area contributed by atoms with Crippen LogP contribution in [-0.2, 0) is 5.75 Å². The van der Waals surface area contributed by atoms with E-state index in [1.165, 1.54) is 17.3 Å². The van der Waals surface area contributed by atoms with Crippen LogP contribution in [0, 0.1) is 20.8 Å². The summed E-state index contributed by atoms with van der Waals surface area (Å²) < 4.78 is 11.0. The van der Waals surface area contributed by atoms with Crippen molar-refractivity contribution in [2.24, 2.45) is 0 Å². The summed E-state index contributed by atoms with van der Waals surface area (Å²) in [6, 6.07) is 8.05. The quantitative estimate of drug-likeness (QED) is 0.329. The SMILES string of the molecule is Cc1ccc2cc(CSc3nnc(-c4ccoc4C)o3)c(Cl)nc2c1C. The van der Waals surface area contributed by atoms with Gasteiger partial charge in [0.2, 0.25) is 0 Å². The Labute approximate surface area is 159 Å². The largest absolute Gasteiger partial charge is 0.469 e. The fourth-order valence-electron chi connectivity index (χ4n) is 2.73. The van der Waals surface area contributed by atoms with Gasteiger partial charge in [-0.1, -0.05) is 35.5 Å². The van der Waals surface area contributed by atoms with Crippen molar-refractivity contribution in [2.75, 3.05) is 0 Å². The molecular weight excluding hydrogens is 370 g/mol. The lowest BCUT2D eigenvalue weighted by Gasteiger charge is -2.08. The number of halogens is 1. The molecule has 0 unspecified atom stereocenters. The maximum absolute atomic E-state index is 6.40. The topological polar surface area (TPSA) is 65.0 Å². The van der Waals surface area contributed by atoms with Gasteiger partial charge in [0.25, 0.3) is 11.1 Å². The Balaban J connectivity index is 1.57. The van der Waals surface area contributed by atoms with E-state index in [0.717, 1.165) is 33.4 Å². The van der Waals surface area contributed by atoms with E-state index in [4.69, 9.17) is 20.4 Å². The molecule has 0 aliphatic carbocycles. The van der Waals surface area contributed by atoms with E-state index in [1.54, 1.807) is 6.26 Å². The minimum atomic E-state index is 0.451. The predicted octanol–water partition coefficient (Wildman–Crippen LogP) is 5.75. The Morgan fingerprint density at radius 3 is 2.73 bits per heavy atom. The third-order valence-corrected chi connectivity index (χ3v) is 5.58. The Kier molecular flexibility index (Phi) is 4.46. The first-order valence-electron chi connectivity index (χ1n) is 8.09. The monoisotopic (exact) mass is 385 g/mol. The molecular formula is C19H16ClN3O2S. The van der Waals surface area contributed by atoms with Crippen LogP contribution in [-0.4, -0.2) is 15.2 Å². The van der Waals surface area contributed by atoms with E-state index >= 15 is 0 Å².